The number of hydrogen-bond donors (Lipinski definition) is 3. The molecule has 68 valence electrons. The van der Waals surface area contributed by atoms with Crippen LogP contribution in [0.4, 0.5) is 0 Å². The SMILES string of the molecule is C#CCC(N)C(=O)NC[C@H](C)O. The Morgan fingerprint density at radius 1 is 1.83 bits per heavy atom. The molecule has 2 atom stereocenters. The van der Waals surface area contributed by atoms with E-state index >= 15 is 0 Å². The number of carbonyl (C=O) groups is 1. The van der Waals surface area contributed by atoms with Gasteiger partial charge >= 0.3 is 0 Å². The van der Waals surface area contributed by atoms with Crippen LogP contribution in [0.25, 0.3) is 0 Å². The third-order valence-electron chi connectivity index (χ3n) is 1.25. The summed E-state index contributed by atoms with van der Waals surface area (Å²) in [5, 5.41) is 11.3. The van der Waals surface area contributed by atoms with Gasteiger partial charge in [-0.1, -0.05) is 0 Å². The first kappa shape index (κ1) is 11.0. The number of rotatable bonds is 4. The van der Waals surface area contributed by atoms with Gasteiger partial charge in [0.05, 0.1) is 12.1 Å². The first-order valence-electron chi connectivity index (χ1n) is 3.72. The van der Waals surface area contributed by atoms with Crippen molar-refractivity contribution in [3.63, 3.8) is 0 Å². The molecule has 0 saturated carbocycles. The van der Waals surface area contributed by atoms with Crippen LogP contribution in [0.15, 0.2) is 0 Å². The van der Waals surface area contributed by atoms with Crippen LogP contribution < -0.4 is 11.1 Å². The van der Waals surface area contributed by atoms with Gasteiger partial charge in [0.25, 0.3) is 0 Å². The minimum absolute atomic E-state index is 0.205. The highest BCUT2D eigenvalue weighted by Crippen LogP contribution is 1.85. The number of terminal acetylenes is 1. The average Bonchev–Trinajstić information content (AvgIpc) is 2.00. The van der Waals surface area contributed by atoms with Crippen molar-refractivity contribution in [2.45, 2.75) is 25.5 Å². The maximum absolute atomic E-state index is 11.0. The van der Waals surface area contributed by atoms with E-state index in [0.717, 1.165) is 0 Å². The Hall–Kier alpha value is -1.05. The molecular formula is C8H14N2O2. The number of aliphatic hydroxyl groups excluding tert-OH is 1. The van der Waals surface area contributed by atoms with E-state index in [1.807, 2.05) is 0 Å². The van der Waals surface area contributed by atoms with E-state index in [4.69, 9.17) is 17.3 Å². The molecule has 1 unspecified atom stereocenters. The summed E-state index contributed by atoms with van der Waals surface area (Å²) in [5.74, 6) is 1.96. The molecule has 0 saturated heterocycles. The second-order valence-corrected chi connectivity index (χ2v) is 2.61. The molecule has 0 aliphatic carbocycles. The second-order valence-electron chi connectivity index (χ2n) is 2.61. The van der Waals surface area contributed by atoms with Gasteiger partial charge in [-0.15, -0.1) is 12.3 Å². The van der Waals surface area contributed by atoms with Gasteiger partial charge < -0.3 is 16.2 Å². The molecule has 0 rings (SSSR count). The summed E-state index contributed by atoms with van der Waals surface area (Å²) in [4.78, 5) is 11.0. The van der Waals surface area contributed by atoms with Crippen molar-refractivity contribution in [3.05, 3.63) is 0 Å². The Labute approximate surface area is 72.1 Å². The third-order valence-corrected chi connectivity index (χ3v) is 1.25. The van der Waals surface area contributed by atoms with Crippen molar-refractivity contribution in [2.75, 3.05) is 6.54 Å². The maximum Gasteiger partial charge on any atom is 0.237 e. The van der Waals surface area contributed by atoms with Gasteiger partial charge in [-0.3, -0.25) is 4.79 Å². The molecule has 4 N–H and O–H groups in total. The topological polar surface area (TPSA) is 75.4 Å². The van der Waals surface area contributed by atoms with E-state index in [1.165, 1.54) is 0 Å². The van der Waals surface area contributed by atoms with Crippen molar-refractivity contribution < 1.29 is 9.90 Å². The summed E-state index contributed by atoms with van der Waals surface area (Å²) in [5.41, 5.74) is 5.38. The molecule has 0 aliphatic rings. The largest absolute Gasteiger partial charge is 0.392 e. The van der Waals surface area contributed by atoms with Crippen molar-refractivity contribution >= 4 is 5.91 Å². The Morgan fingerprint density at radius 3 is 2.83 bits per heavy atom. The summed E-state index contributed by atoms with van der Waals surface area (Å²) in [6.45, 7) is 1.78. The maximum atomic E-state index is 11.0. The van der Waals surface area contributed by atoms with E-state index in [9.17, 15) is 4.79 Å². The lowest BCUT2D eigenvalue weighted by Crippen LogP contribution is -2.42. The van der Waals surface area contributed by atoms with Crippen LogP contribution in [-0.4, -0.2) is 29.7 Å². The van der Waals surface area contributed by atoms with E-state index in [2.05, 4.69) is 11.2 Å². The first-order valence-corrected chi connectivity index (χ1v) is 3.72. The van der Waals surface area contributed by atoms with Gasteiger partial charge in [-0.2, -0.15) is 0 Å². The molecule has 0 aromatic heterocycles. The van der Waals surface area contributed by atoms with Crippen LogP contribution in [0.5, 0.6) is 0 Å². The monoisotopic (exact) mass is 170 g/mol. The number of nitrogens with one attached hydrogen (secondary N) is 1. The zero-order valence-electron chi connectivity index (χ0n) is 7.08. The van der Waals surface area contributed by atoms with Gasteiger partial charge in [0, 0.05) is 13.0 Å². The molecule has 0 aliphatic heterocycles. The average molecular weight is 170 g/mol. The molecule has 1 amide bonds. The Balaban J connectivity index is 3.66. The third kappa shape index (κ3) is 4.72. The fourth-order valence-corrected chi connectivity index (χ4v) is 0.599. The molecule has 0 bridgehead atoms. The second kappa shape index (κ2) is 5.58. The van der Waals surface area contributed by atoms with Crippen LogP contribution in [0.3, 0.4) is 0 Å². The first-order chi connectivity index (χ1) is 5.57. The molecule has 0 aromatic carbocycles. The van der Waals surface area contributed by atoms with Gasteiger partial charge in [0.2, 0.25) is 5.91 Å². The van der Waals surface area contributed by atoms with Gasteiger partial charge in [-0.25, -0.2) is 0 Å². The summed E-state index contributed by atoms with van der Waals surface area (Å²) < 4.78 is 0. The number of nitrogens with two attached hydrogens (primary N) is 1. The van der Waals surface area contributed by atoms with Crippen LogP contribution in [0, 0.1) is 12.3 Å². The van der Waals surface area contributed by atoms with Crippen LogP contribution in [0.1, 0.15) is 13.3 Å². The van der Waals surface area contributed by atoms with E-state index in [0.29, 0.717) is 0 Å². The molecule has 4 heteroatoms. The predicted octanol–water partition coefficient (Wildman–Crippen LogP) is -1.17. The van der Waals surface area contributed by atoms with Crippen LogP contribution in [0.2, 0.25) is 0 Å². The molecule has 0 radical (unpaired) electrons. The standard InChI is InChI=1S/C8H14N2O2/c1-3-4-7(9)8(12)10-5-6(2)11/h1,6-7,11H,4-5,9H2,2H3,(H,10,12)/t6-,7?/m0/s1. The minimum atomic E-state index is -0.672. The van der Waals surface area contributed by atoms with Crippen molar-refractivity contribution in [1.82, 2.24) is 5.32 Å². The summed E-state index contributed by atoms with van der Waals surface area (Å²) in [7, 11) is 0. The Morgan fingerprint density at radius 2 is 2.42 bits per heavy atom. The highest BCUT2D eigenvalue weighted by atomic mass is 16.3. The quantitative estimate of drug-likeness (QED) is 0.465. The lowest BCUT2D eigenvalue weighted by Gasteiger charge is -2.10. The number of hydrogen-bond acceptors (Lipinski definition) is 3. The lowest BCUT2D eigenvalue weighted by molar-refractivity contribution is -0.122. The highest BCUT2D eigenvalue weighted by Gasteiger charge is 2.11. The minimum Gasteiger partial charge on any atom is -0.392 e. The van der Waals surface area contributed by atoms with Crippen molar-refractivity contribution in [2.24, 2.45) is 5.73 Å². The number of aliphatic hydroxyl groups is 1. The zero-order valence-corrected chi connectivity index (χ0v) is 7.08. The van der Waals surface area contributed by atoms with Crippen LogP contribution in [-0.2, 0) is 4.79 Å². The predicted molar refractivity (Wildman–Crippen MR) is 46.1 cm³/mol. The Kier molecular flexibility index (Phi) is 5.09. The van der Waals surface area contributed by atoms with Crippen molar-refractivity contribution in [3.8, 4) is 12.3 Å². The van der Waals surface area contributed by atoms with E-state index in [1.54, 1.807) is 6.92 Å². The summed E-state index contributed by atoms with van der Waals surface area (Å²) in [6, 6.07) is -0.672. The summed E-state index contributed by atoms with van der Waals surface area (Å²) in [6.07, 6.45) is 4.61. The highest BCUT2D eigenvalue weighted by molar-refractivity contribution is 5.81. The fraction of sp³-hybridized carbons (Fsp3) is 0.625. The van der Waals surface area contributed by atoms with E-state index < -0.39 is 12.1 Å². The molecule has 4 nitrogen and oxygen atoms in total. The summed E-state index contributed by atoms with van der Waals surface area (Å²) >= 11 is 0. The molecule has 0 aromatic rings. The van der Waals surface area contributed by atoms with Crippen molar-refractivity contribution in [1.29, 1.82) is 0 Å². The molecular weight excluding hydrogens is 156 g/mol. The normalized spacial score (nSPS) is 14.5. The molecule has 12 heavy (non-hydrogen) atoms. The number of carbonyl (C=O) groups excluding carboxylic acids is 1. The van der Waals surface area contributed by atoms with Gasteiger partial charge in [-0.05, 0) is 6.92 Å². The number of amides is 1. The van der Waals surface area contributed by atoms with E-state index in [-0.39, 0.29) is 18.9 Å². The van der Waals surface area contributed by atoms with Crippen LogP contribution >= 0.6 is 0 Å². The molecule has 0 heterocycles. The zero-order chi connectivity index (χ0) is 9.56. The van der Waals surface area contributed by atoms with Gasteiger partial charge in [0.15, 0.2) is 0 Å². The lowest BCUT2D eigenvalue weighted by atomic mass is 10.2. The molecule has 0 spiro atoms. The van der Waals surface area contributed by atoms with Gasteiger partial charge in [0.1, 0.15) is 0 Å². The molecule has 0 fully saturated rings. The Bertz CT molecular complexity index is 184. The smallest absolute Gasteiger partial charge is 0.237 e. The fourth-order valence-electron chi connectivity index (χ4n) is 0.599.